The molecule has 2 unspecified atom stereocenters. The molecule has 1 fully saturated rings. The third-order valence-corrected chi connectivity index (χ3v) is 7.03. The molecule has 0 bridgehead atoms. The van der Waals surface area contributed by atoms with E-state index in [2.05, 4.69) is 19.2 Å². The lowest BCUT2D eigenvalue weighted by Crippen LogP contribution is -2.55. The van der Waals surface area contributed by atoms with E-state index in [4.69, 9.17) is 5.73 Å². The standard InChI is InChI=1S/C20H33N3O3S.ClH/c1-15(2)12-20(4,14-21)22-19(24)17-6-5-11-23(13-17)27(25,26)18-9-7-16(3)8-10-18;/h7-10,15,17H,5-6,11-14,21H2,1-4H3,(H,22,24);1H. The zero-order chi connectivity index (χ0) is 20.2. The number of benzene rings is 1. The molecule has 1 heterocycles. The number of nitrogens with zero attached hydrogens (tertiary/aromatic N) is 1. The van der Waals surface area contributed by atoms with Crippen LogP contribution in [0.25, 0.3) is 0 Å². The van der Waals surface area contributed by atoms with Gasteiger partial charge in [-0.1, -0.05) is 31.5 Å². The summed E-state index contributed by atoms with van der Waals surface area (Å²) in [6.45, 7) is 9.07. The fourth-order valence-corrected chi connectivity index (χ4v) is 5.24. The summed E-state index contributed by atoms with van der Waals surface area (Å²) in [5.41, 5.74) is 6.44. The highest BCUT2D eigenvalue weighted by Crippen LogP contribution is 2.25. The van der Waals surface area contributed by atoms with Crippen molar-refractivity contribution in [2.45, 2.75) is 57.4 Å². The van der Waals surface area contributed by atoms with E-state index in [-0.39, 0.29) is 35.7 Å². The molecule has 0 aromatic heterocycles. The average molecular weight is 432 g/mol. The summed E-state index contributed by atoms with van der Waals surface area (Å²) in [6, 6.07) is 6.84. The highest BCUT2D eigenvalue weighted by atomic mass is 35.5. The first-order valence-corrected chi connectivity index (χ1v) is 11.1. The van der Waals surface area contributed by atoms with Crippen LogP contribution in [-0.2, 0) is 14.8 Å². The number of carbonyl (C=O) groups is 1. The molecule has 1 aromatic rings. The van der Waals surface area contributed by atoms with E-state index in [0.717, 1.165) is 12.0 Å². The van der Waals surface area contributed by atoms with Crippen LogP contribution in [0.15, 0.2) is 29.2 Å². The van der Waals surface area contributed by atoms with Gasteiger partial charge in [0.2, 0.25) is 15.9 Å². The van der Waals surface area contributed by atoms with Gasteiger partial charge in [0.25, 0.3) is 0 Å². The van der Waals surface area contributed by atoms with Gasteiger partial charge in [-0.05, 0) is 51.2 Å². The minimum absolute atomic E-state index is 0. The van der Waals surface area contributed by atoms with E-state index in [1.165, 1.54) is 4.31 Å². The molecule has 8 heteroatoms. The summed E-state index contributed by atoms with van der Waals surface area (Å²) >= 11 is 0. The van der Waals surface area contributed by atoms with Crippen LogP contribution >= 0.6 is 12.4 Å². The zero-order valence-corrected chi connectivity index (χ0v) is 18.9. The van der Waals surface area contributed by atoms with Gasteiger partial charge in [-0.15, -0.1) is 12.4 Å². The summed E-state index contributed by atoms with van der Waals surface area (Å²) in [5, 5.41) is 3.08. The Balaban J connectivity index is 0.00000392. The first-order valence-electron chi connectivity index (χ1n) is 9.66. The molecule has 3 N–H and O–H groups in total. The number of amides is 1. The van der Waals surface area contributed by atoms with Crippen molar-refractivity contribution in [3.05, 3.63) is 29.8 Å². The van der Waals surface area contributed by atoms with E-state index >= 15 is 0 Å². The van der Waals surface area contributed by atoms with Gasteiger partial charge >= 0.3 is 0 Å². The van der Waals surface area contributed by atoms with Crippen molar-refractivity contribution < 1.29 is 13.2 Å². The second-order valence-electron chi connectivity index (χ2n) is 8.37. The van der Waals surface area contributed by atoms with Gasteiger partial charge in [-0.25, -0.2) is 8.42 Å². The van der Waals surface area contributed by atoms with Crippen LogP contribution in [0.4, 0.5) is 0 Å². The molecule has 6 nitrogen and oxygen atoms in total. The summed E-state index contributed by atoms with van der Waals surface area (Å²) in [4.78, 5) is 13.1. The SMILES string of the molecule is Cc1ccc(S(=O)(=O)N2CCCC(C(=O)NC(C)(CN)CC(C)C)C2)cc1.Cl. The Bertz CT molecular complexity index is 752. The van der Waals surface area contributed by atoms with E-state index in [0.29, 0.717) is 31.8 Å². The topological polar surface area (TPSA) is 92.5 Å². The number of nitrogens with two attached hydrogens (primary N) is 1. The highest BCUT2D eigenvalue weighted by Gasteiger charge is 2.35. The molecule has 2 rings (SSSR count). The molecule has 0 saturated carbocycles. The van der Waals surface area contributed by atoms with Crippen LogP contribution in [0.2, 0.25) is 0 Å². The summed E-state index contributed by atoms with van der Waals surface area (Å²) in [5.74, 6) is -0.0481. The molecule has 1 aromatic carbocycles. The van der Waals surface area contributed by atoms with Gasteiger partial charge in [-0.3, -0.25) is 4.79 Å². The quantitative estimate of drug-likeness (QED) is 0.694. The Labute approximate surface area is 175 Å². The van der Waals surface area contributed by atoms with Gasteiger partial charge in [0.15, 0.2) is 0 Å². The fraction of sp³-hybridized carbons (Fsp3) is 0.650. The lowest BCUT2D eigenvalue weighted by Gasteiger charge is -2.36. The molecule has 28 heavy (non-hydrogen) atoms. The smallest absolute Gasteiger partial charge is 0.243 e. The van der Waals surface area contributed by atoms with Crippen molar-refractivity contribution in [3.8, 4) is 0 Å². The molecule has 1 amide bonds. The Morgan fingerprint density at radius 3 is 2.46 bits per heavy atom. The van der Waals surface area contributed by atoms with Crippen LogP contribution in [-0.4, -0.2) is 43.8 Å². The molecule has 1 aliphatic rings. The van der Waals surface area contributed by atoms with Crippen LogP contribution in [0, 0.1) is 18.8 Å². The number of rotatable bonds is 7. The average Bonchev–Trinajstić information content (AvgIpc) is 2.61. The number of hydrogen-bond donors (Lipinski definition) is 2. The summed E-state index contributed by atoms with van der Waals surface area (Å²) in [7, 11) is -3.58. The van der Waals surface area contributed by atoms with Crippen molar-refractivity contribution in [2.24, 2.45) is 17.6 Å². The molecular weight excluding hydrogens is 398 g/mol. The zero-order valence-electron chi connectivity index (χ0n) is 17.3. The summed E-state index contributed by atoms with van der Waals surface area (Å²) in [6.07, 6.45) is 2.15. The number of sulfonamides is 1. The maximum atomic E-state index is 12.9. The van der Waals surface area contributed by atoms with Crippen LogP contribution in [0.3, 0.4) is 0 Å². The third-order valence-electron chi connectivity index (χ3n) is 5.15. The number of aryl methyl sites for hydroxylation is 1. The molecule has 0 radical (unpaired) electrons. The van der Waals surface area contributed by atoms with E-state index in [1.807, 2.05) is 13.8 Å². The molecular formula is C20H34ClN3O3S. The van der Waals surface area contributed by atoms with Crippen molar-refractivity contribution in [2.75, 3.05) is 19.6 Å². The van der Waals surface area contributed by atoms with Crippen molar-refractivity contribution in [1.29, 1.82) is 0 Å². The number of nitrogens with one attached hydrogen (secondary N) is 1. The van der Waals surface area contributed by atoms with Crippen LogP contribution in [0.1, 0.15) is 45.6 Å². The lowest BCUT2D eigenvalue weighted by atomic mass is 9.89. The first-order chi connectivity index (χ1) is 12.6. The van der Waals surface area contributed by atoms with Crippen molar-refractivity contribution in [1.82, 2.24) is 9.62 Å². The molecule has 0 spiro atoms. The molecule has 1 saturated heterocycles. The third kappa shape index (κ3) is 6.17. The Kier molecular flexibility index (Phi) is 8.93. The molecule has 160 valence electrons. The van der Waals surface area contributed by atoms with Gasteiger partial charge in [0.1, 0.15) is 0 Å². The Hall–Kier alpha value is -1.15. The number of piperidine rings is 1. The van der Waals surface area contributed by atoms with E-state index < -0.39 is 15.6 Å². The van der Waals surface area contributed by atoms with E-state index in [1.54, 1.807) is 24.3 Å². The molecule has 0 aliphatic carbocycles. The number of halogens is 1. The summed E-state index contributed by atoms with van der Waals surface area (Å²) < 4.78 is 27.3. The van der Waals surface area contributed by atoms with Gasteiger partial charge in [0.05, 0.1) is 10.8 Å². The molecule has 1 aliphatic heterocycles. The number of hydrogen-bond acceptors (Lipinski definition) is 4. The minimum atomic E-state index is -3.58. The predicted molar refractivity (Wildman–Crippen MR) is 115 cm³/mol. The first kappa shape index (κ1) is 24.9. The lowest BCUT2D eigenvalue weighted by molar-refractivity contribution is -0.128. The normalized spacial score (nSPS) is 20.3. The van der Waals surface area contributed by atoms with Gasteiger partial charge < -0.3 is 11.1 Å². The maximum Gasteiger partial charge on any atom is 0.243 e. The van der Waals surface area contributed by atoms with E-state index in [9.17, 15) is 13.2 Å². The van der Waals surface area contributed by atoms with Crippen molar-refractivity contribution in [3.63, 3.8) is 0 Å². The Morgan fingerprint density at radius 2 is 1.93 bits per heavy atom. The van der Waals surface area contributed by atoms with Crippen molar-refractivity contribution >= 4 is 28.3 Å². The fourth-order valence-electron chi connectivity index (χ4n) is 3.72. The van der Waals surface area contributed by atoms with Crippen LogP contribution in [0.5, 0.6) is 0 Å². The molecule has 2 atom stereocenters. The second-order valence-corrected chi connectivity index (χ2v) is 10.3. The highest BCUT2D eigenvalue weighted by molar-refractivity contribution is 7.89. The second kappa shape index (κ2) is 10.1. The predicted octanol–water partition coefficient (Wildman–Crippen LogP) is 2.70. The minimum Gasteiger partial charge on any atom is -0.349 e. The maximum absolute atomic E-state index is 12.9. The van der Waals surface area contributed by atoms with Gasteiger partial charge in [-0.2, -0.15) is 4.31 Å². The van der Waals surface area contributed by atoms with Crippen LogP contribution < -0.4 is 11.1 Å². The Morgan fingerprint density at radius 1 is 1.32 bits per heavy atom. The van der Waals surface area contributed by atoms with Gasteiger partial charge in [0, 0.05) is 25.2 Å². The monoisotopic (exact) mass is 431 g/mol. The largest absolute Gasteiger partial charge is 0.349 e. The number of carbonyl (C=O) groups excluding carboxylic acids is 1.